The van der Waals surface area contributed by atoms with Crippen LogP contribution in [0.15, 0.2) is 71.6 Å². The molecule has 0 fully saturated rings. The lowest BCUT2D eigenvalue weighted by Gasteiger charge is -2.18. The number of phenolic OH excluding ortho intramolecular Hbond substituents is 2. The largest absolute Gasteiger partial charge is 0.508 e. The second-order valence-electron chi connectivity index (χ2n) is 6.88. The van der Waals surface area contributed by atoms with Crippen molar-refractivity contribution in [1.29, 1.82) is 0 Å². The SMILES string of the molecule is CC(c1ccccc1)c1ccc(C(C)c2cc(O)cc(S(=O)(=O)O)c2O)cc1. The van der Waals surface area contributed by atoms with Crippen LogP contribution in [0.2, 0.25) is 0 Å². The maximum Gasteiger partial charge on any atom is 0.298 e. The fraction of sp³-hybridized carbons (Fsp3) is 0.182. The van der Waals surface area contributed by atoms with Gasteiger partial charge >= 0.3 is 0 Å². The third-order valence-corrected chi connectivity index (χ3v) is 5.94. The molecule has 0 radical (unpaired) electrons. The van der Waals surface area contributed by atoms with E-state index in [1.165, 1.54) is 11.6 Å². The summed E-state index contributed by atoms with van der Waals surface area (Å²) in [6.07, 6.45) is 0. The number of phenols is 2. The lowest BCUT2D eigenvalue weighted by molar-refractivity contribution is 0.426. The highest BCUT2D eigenvalue weighted by molar-refractivity contribution is 7.86. The van der Waals surface area contributed by atoms with Crippen LogP contribution in [-0.2, 0) is 10.1 Å². The van der Waals surface area contributed by atoms with E-state index in [2.05, 4.69) is 19.1 Å². The predicted molar refractivity (Wildman–Crippen MR) is 108 cm³/mol. The molecule has 0 amide bonds. The van der Waals surface area contributed by atoms with Crippen LogP contribution in [0.25, 0.3) is 0 Å². The third kappa shape index (κ3) is 4.03. The molecule has 28 heavy (non-hydrogen) atoms. The second-order valence-corrected chi connectivity index (χ2v) is 8.27. The van der Waals surface area contributed by atoms with E-state index in [-0.39, 0.29) is 17.2 Å². The van der Waals surface area contributed by atoms with Crippen molar-refractivity contribution >= 4 is 10.1 Å². The summed E-state index contributed by atoms with van der Waals surface area (Å²) < 4.78 is 32.2. The van der Waals surface area contributed by atoms with Crippen LogP contribution in [0.4, 0.5) is 0 Å². The van der Waals surface area contributed by atoms with E-state index in [0.717, 1.165) is 17.2 Å². The Bertz CT molecular complexity index is 1070. The van der Waals surface area contributed by atoms with E-state index in [1.54, 1.807) is 6.92 Å². The van der Waals surface area contributed by atoms with Crippen molar-refractivity contribution in [3.63, 3.8) is 0 Å². The van der Waals surface area contributed by atoms with Gasteiger partial charge in [0.25, 0.3) is 10.1 Å². The Kier molecular flexibility index (Phi) is 5.45. The first-order valence-corrected chi connectivity index (χ1v) is 10.3. The minimum absolute atomic E-state index is 0.214. The van der Waals surface area contributed by atoms with Crippen molar-refractivity contribution < 1.29 is 23.2 Å². The Hall–Kier alpha value is -2.83. The zero-order valence-corrected chi connectivity index (χ0v) is 16.4. The molecule has 146 valence electrons. The highest BCUT2D eigenvalue weighted by atomic mass is 32.2. The van der Waals surface area contributed by atoms with Crippen molar-refractivity contribution in [2.24, 2.45) is 0 Å². The molecule has 5 nitrogen and oxygen atoms in total. The third-order valence-electron chi connectivity index (χ3n) is 5.07. The van der Waals surface area contributed by atoms with Crippen molar-refractivity contribution in [3.05, 3.63) is 89.0 Å². The molecule has 2 unspecified atom stereocenters. The molecule has 3 aromatic rings. The molecule has 6 heteroatoms. The van der Waals surface area contributed by atoms with E-state index in [4.69, 9.17) is 0 Å². The monoisotopic (exact) mass is 398 g/mol. The molecule has 2 atom stereocenters. The van der Waals surface area contributed by atoms with Gasteiger partial charge in [0.1, 0.15) is 16.4 Å². The Morgan fingerprint density at radius 3 is 1.79 bits per heavy atom. The average molecular weight is 398 g/mol. The molecule has 0 heterocycles. The van der Waals surface area contributed by atoms with Crippen LogP contribution in [0.1, 0.15) is 47.9 Å². The summed E-state index contributed by atoms with van der Waals surface area (Å²) in [4.78, 5) is -0.705. The molecule has 0 aliphatic rings. The Morgan fingerprint density at radius 1 is 0.750 bits per heavy atom. The second kappa shape index (κ2) is 7.66. The Morgan fingerprint density at radius 2 is 1.25 bits per heavy atom. The quantitative estimate of drug-likeness (QED) is 0.430. The molecule has 0 aromatic heterocycles. The maximum atomic E-state index is 11.5. The number of benzene rings is 3. The zero-order chi connectivity index (χ0) is 20.5. The van der Waals surface area contributed by atoms with Gasteiger partial charge in [-0.3, -0.25) is 4.55 Å². The van der Waals surface area contributed by atoms with Gasteiger partial charge in [0.2, 0.25) is 0 Å². The number of aromatic hydroxyl groups is 2. The highest BCUT2D eigenvalue weighted by Gasteiger charge is 2.23. The van der Waals surface area contributed by atoms with Crippen LogP contribution < -0.4 is 0 Å². The van der Waals surface area contributed by atoms with E-state index in [1.807, 2.05) is 42.5 Å². The molecule has 0 spiro atoms. The van der Waals surface area contributed by atoms with Gasteiger partial charge in [-0.25, -0.2) is 0 Å². The standard InChI is InChI=1S/C22H22O5S/c1-14(16-6-4-3-5-7-16)17-8-10-18(11-9-17)15(2)20-12-19(23)13-21(22(20)24)28(25,26)27/h3-15,23-24H,1-2H3,(H,25,26,27). The van der Waals surface area contributed by atoms with E-state index in [9.17, 15) is 23.2 Å². The summed E-state index contributed by atoms with van der Waals surface area (Å²) in [5.41, 5.74) is 3.38. The van der Waals surface area contributed by atoms with Gasteiger partial charge in [-0.2, -0.15) is 8.42 Å². The van der Waals surface area contributed by atoms with E-state index >= 15 is 0 Å². The normalized spacial score (nSPS) is 13.8. The van der Waals surface area contributed by atoms with Gasteiger partial charge in [0.05, 0.1) is 0 Å². The molecule has 3 aromatic carbocycles. The summed E-state index contributed by atoms with van der Waals surface area (Å²) in [5, 5.41) is 20.2. The Balaban J connectivity index is 1.94. The summed E-state index contributed by atoms with van der Waals surface area (Å²) in [6, 6.07) is 20.1. The summed E-state index contributed by atoms with van der Waals surface area (Å²) >= 11 is 0. The van der Waals surface area contributed by atoms with E-state index < -0.39 is 26.7 Å². The summed E-state index contributed by atoms with van der Waals surface area (Å²) in [6.45, 7) is 3.91. The highest BCUT2D eigenvalue weighted by Crippen LogP contribution is 2.38. The number of hydrogen-bond donors (Lipinski definition) is 3. The minimum atomic E-state index is -4.65. The van der Waals surface area contributed by atoms with Crippen molar-refractivity contribution in [2.45, 2.75) is 30.6 Å². The van der Waals surface area contributed by atoms with Crippen molar-refractivity contribution in [3.8, 4) is 11.5 Å². The van der Waals surface area contributed by atoms with Crippen molar-refractivity contribution in [2.75, 3.05) is 0 Å². The van der Waals surface area contributed by atoms with Crippen LogP contribution in [0.3, 0.4) is 0 Å². The minimum Gasteiger partial charge on any atom is -0.508 e. The fourth-order valence-corrected chi connectivity index (χ4v) is 3.96. The van der Waals surface area contributed by atoms with Gasteiger partial charge in [-0.1, -0.05) is 68.4 Å². The average Bonchev–Trinajstić information content (AvgIpc) is 2.68. The molecular formula is C22H22O5S. The maximum absolute atomic E-state index is 11.5. The molecule has 0 aliphatic heterocycles. The molecule has 0 saturated carbocycles. The predicted octanol–water partition coefficient (Wildman–Crippen LogP) is 4.65. The first-order valence-electron chi connectivity index (χ1n) is 8.86. The number of rotatable bonds is 5. The van der Waals surface area contributed by atoms with Gasteiger partial charge in [-0.15, -0.1) is 0 Å². The zero-order valence-electron chi connectivity index (χ0n) is 15.6. The van der Waals surface area contributed by atoms with Crippen LogP contribution in [0, 0.1) is 0 Å². The van der Waals surface area contributed by atoms with Crippen LogP contribution in [-0.4, -0.2) is 23.2 Å². The van der Waals surface area contributed by atoms with Gasteiger partial charge < -0.3 is 10.2 Å². The first-order chi connectivity index (χ1) is 13.2. The van der Waals surface area contributed by atoms with Crippen LogP contribution in [0.5, 0.6) is 11.5 Å². The van der Waals surface area contributed by atoms with Gasteiger partial charge in [0.15, 0.2) is 0 Å². The molecule has 0 bridgehead atoms. The summed E-state index contributed by atoms with van der Waals surface area (Å²) in [5.74, 6) is -1.09. The molecule has 3 rings (SSSR count). The van der Waals surface area contributed by atoms with Gasteiger partial charge in [0, 0.05) is 23.5 Å². The van der Waals surface area contributed by atoms with Gasteiger partial charge in [-0.05, 0) is 22.8 Å². The molecule has 0 aliphatic carbocycles. The topological polar surface area (TPSA) is 94.8 Å². The Labute approximate surface area is 164 Å². The fourth-order valence-electron chi connectivity index (χ4n) is 3.33. The van der Waals surface area contributed by atoms with E-state index in [0.29, 0.717) is 0 Å². The lowest BCUT2D eigenvalue weighted by atomic mass is 9.88. The number of hydrogen-bond acceptors (Lipinski definition) is 4. The molecule has 0 saturated heterocycles. The lowest BCUT2D eigenvalue weighted by Crippen LogP contribution is -2.04. The van der Waals surface area contributed by atoms with Crippen LogP contribution >= 0.6 is 0 Å². The summed E-state index contributed by atoms with van der Waals surface area (Å²) in [7, 11) is -4.65. The molecule has 3 N–H and O–H groups in total. The first kappa shape index (κ1) is 19.9. The molecular weight excluding hydrogens is 376 g/mol. The smallest absolute Gasteiger partial charge is 0.298 e. The van der Waals surface area contributed by atoms with Crippen molar-refractivity contribution in [1.82, 2.24) is 0 Å².